The van der Waals surface area contributed by atoms with E-state index in [-0.39, 0.29) is 12.5 Å². The quantitative estimate of drug-likeness (QED) is 0.347. The van der Waals surface area contributed by atoms with Crippen LogP contribution in [0.25, 0.3) is 0 Å². The number of carboxylic acids is 1. The van der Waals surface area contributed by atoms with Gasteiger partial charge in [0.1, 0.15) is 5.75 Å². The summed E-state index contributed by atoms with van der Waals surface area (Å²) < 4.78 is 17.2. The first-order valence-corrected chi connectivity index (χ1v) is 12.5. The zero-order chi connectivity index (χ0) is 25.3. The smallest absolute Gasteiger partial charge is 0.303 e. The number of rotatable bonds is 12. The summed E-state index contributed by atoms with van der Waals surface area (Å²) in [6.45, 7) is 2.54. The molecule has 6 heteroatoms. The molecule has 1 heterocycles. The van der Waals surface area contributed by atoms with Crippen LogP contribution < -0.4 is 14.2 Å². The maximum absolute atomic E-state index is 10.8. The van der Waals surface area contributed by atoms with E-state index in [1.165, 1.54) is 16.7 Å². The zero-order valence-electron chi connectivity index (χ0n) is 21.1. The van der Waals surface area contributed by atoms with Gasteiger partial charge in [-0.1, -0.05) is 42.5 Å². The number of aryl methyl sites for hydroxylation is 1. The van der Waals surface area contributed by atoms with Gasteiger partial charge in [-0.25, -0.2) is 0 Å². The molecule has 0 radical (unpaired) electrons. The summed E-state index contributed by atoms with van der Waals surface area (Å²) >= 11 is 0. The van der Waals surface area contributed by atoms with E-state index >= 15 is 0 Å². The molecule has 3 aromatic carbocycles. The van der Waals surface area contributed by atoms with E-state index in [2.05, 4.69) is 47.4 Å². The monoisotopic (exact) mass is 489 g/mol. The summed E-state index contributed by atoms with van der Waals surface area (Å²) in [4.78, 5) is 13.3. The number of fused-ring (bicyclic) bond motifs is 1. The van der Waals surface area contributed by atoms with Crippen molar-refractivity contribution in [3.63, 3.8) is 0 Å². The van der Waals surface area contributed by atoms with Gasteiger partial charge in [0.2, 0.25) is 0 Å². The molecule has 0 spiro atoms. The van der Waals surface area contributed by atoms with Gasteiger partial charge in [0.25, 0.3) is 0 Å². The van der Waals surface area contributed by atoms with Crippen molar-refractivity contribution in [3.8, 4) is 17.2 Å². The highest BCUT2D eigenvalue weighted by molar-refractivity contribution is 5.67. The molecule has 0 amide bonds. The predicted octanol–water partition coefficient (Wildman–Crippen LogP) is 5.33. The fraction of sp³-hybridized carbons (Fsp3) is 0.367. The average Bonchev–Trinajstić information content (AvgIpc) is 2.91. The largest absolute Gasteiger partial charge is 0.494 e. The Morgan fingerprint density at radius 2 is 1.69 bits per heavy atom. The highest BCUT2D eigenvalue weighted by Crippen LogP contribution is 2.39. The minimum atomic E-state index is -0.779. The van der Waals surface area contributed by atoms with Crippen LogP contribution in [0, 0.1) is 0 Å². The SMILES string of the molecule is COc1cc2c(cc1OC)C(Cc1ccccc1)N(CCCOc1ccc(CCC(=O)O)cc1)CC2. The first-order chi connectivity index (χ1) is 17.6. The van der Waals surface area contributed by atoms with E-state index in [4.69, 9.17) is 19.3 Å². The molecular formula is C30H35NO5. The summed E-state index contributed by atoms with van der Waals surface area (Å²) in [6, 6.07) is 22.9. The van der Waals surface area contributed by atoms with Crippen LogP contribution in [0.2, 0.25) is 0 Å². The van der Waals surface area contributed by atoms with Gasteiger partial charge >= 0.3 is 5.97 Å². The predicted molar refractivity (Wildman–Crippen MR) is 140 cm³/mol. The molecule has 6 nitrogen and oxygen atoms in total. The molecule has 1 N–H and O–H groups in total. The lowest BCUT2D eigenvalue weighted by Crippen LogP contribution is -2.37. The van der Waals surface area contributed by atoms with Crippen LogP contribution in [0.3, 0.4) is 0 Å². The molecule has 0 aliphatic carbocycles. The molecule has 0 saturated carbocycles. The van der Waals surface area contributed by atoms with Crippen LogP contribution in [-0.2, 0) is 24.1 Å². The van der Waals surface area contributed by atoms with E-state index < -0.39 is 5.97 Å². The van der Waals surface area contributed by atoms with Crippen LogP contribution in [0.1, 0.15) is 41.1 Å². The van der Waals surface area contributed by atoms with Gasteiger partial charge in [-0.3, -0.25) is 9.69 Å². The fourth-order valence-electron chi connectivity index (χ4n) is 4.89. The molecule has 0 bridgehead atoms. The van der Waals surface area contributed by atoms with E-state index in [1.54, 1.807) is 14.2 Å². The topological polar surface area (TPSA) is 68.2 Å². The van der Waals surface area contributed by atoms with Gasteiger partial charge in [0.05, 0.1) is 20.8 Å². The van der Waals surface area contributed by atoms with Crippen molar-refractivity contribution >= 4 is 5.97 Å². The minimum Gasteiger partial charge on any atom is -0.494 e. The fourth-order valence-corrected chi connectivity index (χ4v) is 4.89. The average molecular weight is 490 g/mol. The number of carboxylic acid groups (broad SMARTS) is 1. The number of carbonyl (C=O) groups is 1. The summed E-state index contributed by atoms with van der Waals surface area (Å²) in [5.41, 5.74) is 4.95. The Balaban J connectivity index is 1.41. The maximum Gasteiger partial charge on any atom is 0.303 e. The third-order valence-corrected chi connectivity index (χ3v) is 6.79. The zero-order valence-corrected chi connectivity index (χ0v) is 21.1. The molecule has 190 valence electrons. The number of ether oxygens (including phenoxy) is 3. The van der Waals surface area contributed by atoms with Gasteiger partial charge in [-0.15, -0.1) is 0 Å². The van der Waals surface area contributed by atoms with E-state index in [0.29, 0.717) is 13.0 Å². The molecule has 0 saturated heterocycles. The van der Waals surface area contributed by atoms with Crippen LogP contribution in [0.15, 0.2) is 66.7 Å². The number of methoxy groups -OCH3 is 2. The normalized spacial score (nSPS) is 15.2. The standard InChI is InChI=1S/C30H35NO5/c1-34-28-20-24-15-17-31(16-6-18-36-25-12-9-22(10-13-25)11-14-30(32)33)27(26(24)21-29(28)35-2)19-23-7-4-3-5-8-23/h3-5,7-10,12-13,20-21,27H,6,11,14-19H2,1-2H3,(H,32,33). The Labute approximate surface area is 213 Å². The molecule has 0 aromatic heterocycles. The second kappa shape index (κ2) is 12.5. The third kappa shape index (κ3) is 6.58. The third-order valence-electron chi connectivity index (χ3n) is 6.79. The molecule has 1 aliphatic heterocycles. The minimum absolute atomic E-state index is 0.141. The van der Waals surface area contributed by atoms with Crippen LogP contribution in [-0.4, -0.2) is 49.9 Å². The van der Waals surface area contributed by atoms with E-state index in [0.717, 1.165) is 55.2 Å². The maximum atomic E-state index is 10.8. The van der Waals surface area contributed by atoms with Crippen molar-refractivity contribution in [1.29, 1.82) is 0 Å². The van der Waals surface area contributed by atoms with Gasteiger partial charge in [0, 0.05) is 25.6 Å². The first kappa shape index (κ1) is 25.6. The molecule has 4 rings (SSSR count). The van der Waals surface area contributed by atoms with Gasteiger partial charge in [-0.05, 0) is 72.2 Å². The van der Waals surface area contributed by atoms with Crippen molar-refractivity contribution in [2.75, 3.05) is 33.9 Å². The first-order valence-electron chi connectivity index (χ1n) is 12.5. The molecule has 3 aromatic rings. The Bertz CT molecular complexity index is 1130. The summed E-state index contributed by atoms with van der Waals surface area (Å²) in [6.07, 6.45) is 3.49. The van der Waals surface area contributed by atoms with Crippen LogP contribution in [0.4, 0.5) is 0 Å². The summed E-state index contributed by atoms with van der Waals surface area (Å²) in [5.74, 6) is 1.59. The van der Waals surface area contributed by atoms with Gasteiger partial charge in [-0.2, -0.15) is 0 Å². The summed E-state index contributed by atoms with van der Waals surface area (Å²) in [7, 11) is 3.37. The Morgan fingerprint density at radius 3 is 2.39 bits per heavy atom. The number of hydrogen-bond donors (Lipinski definition) is 1. The number of nitrogens with zero attached hydrogens (tertiary/aromatic N) is 1. The lowest BCUT2D eigenvalue weighted by atomic mass is 9.88. The van der Waals surface area contributed by atoms with Crippen molar-refractivity contribution in [2.24, 2.45) is 0 Å². The Morgan fingerprint density at radius 1 is 0.972 bits per heavy atom. The highest BCUT2D eigenvalue weighted by Gasteiger charge is 2.29. The van der Waals surface area contributed by atoms with Crippen molar-refractivity contribution in [1.82, 2.24) is 4.90 Å². The van der Waals surface area contributed by atoms with Crippen molar-refractivity contribution in [3.05, 3.63) is 89.0 Å². The molecule has 1 unspecified atom stereocenters. The highest BCUT2D eigenvalue weighted by atomic mass is 16.5. The van der Waals surface area contributed by atoms with E-state index in [9.17, 15) is 4.79 Å². The van der Waals surface area contributed by atoms with E-state index in [1.807, 2.05) is 24.3 Å². The Hall–Kier alpha value is -3.51. The van der Waals surface area contributed by atoms with Crippen molar-refractivity contribution in [2.45, 2.75) is 38.1 Å². The van der Waals surface area contributed by atoms with Gasteiger partial charge in [0.15, 0.2) is 11.5 Å². The second-order valence-electron chi connectivity index (χ2n) is 9.14. The van der Waals surface area contributed by atoms with Crippen molar-refractivity contribution < 1.29 is 24.1 Å². The van der Waals surface area contributed by atoms with Crippen LogP contribution >= 0.6 is 0 Å². The molecular weight excluding hydrogens is 454 g/mol. The molecule has 1 aliphatic rings. The number of hydrogen-bond acceptors (Lipinski definition) is 5. The second-order valence-corrected chi connectivity index (χ2v) is 9.14. The van der Waals surface area contributed by atoms with Crippen LogP contribution in [0.5, 0.6) is 17.2 Å². The molecule has 0 fully saturated rings. The Kier molecular flexibility index (Phi) is 8.85. The summed E-state index contributed by atoms with van der Waals surface area (Å²) in [5, 5.41) is 8.84. The number of benzene rings is 3. The lowest BCUT2D eigenvalue weighted by molar-refractivity contribution is -0.136. The number of aliphatic carboxylic acids is 1. The molecule has 1 atom stereocenters. The molecule has 36 heavy (non-hydrogen) atoms. The lowest BCUT2D eigenvalue weighted by Gasteiger charge is -2.38. The van der Waals surface area contributed by atoms with Gasteiger partial charge < -0.3 is 19.3 Å².